The van der Waals surface area contributed by atoms with E-state index in [2.05, 4.69) is 17.4 Å². The molecule has 0 bridgehead atoms. The first-order valence-electron chi connectivity index (χ1n) is 9.74. The van der Waals surface area contributed by atoms with Gasteiger partial charge in [0.15, 0.2) is 0 Å². The lowest BCUT2D eigenvalue weighted by atomic mass is 10.0. The highest BCUT2D eigenvalue weighted by atomic mass is 16.6. The molecule has 28 heavy (non-hydrogen) atoms. The van der Waals surface area contributed by atoms with Crippen LogP contribution in [-0.4, -0.2) is 42.6 Å². The van der Waals surface area contributed by atoms with Gasteiger partial charge in [0.05, 0.1) is 19.3 Å². The van der Waals surface area contributed by atoms with E-state index in [4.69, 9.17) is 9.15 Å². The first-order valence-corrected chi connectivity index (χ1v) is 9.74. The van der Waals surface area contributed by atoms with Gasteiger partial charge in [0.2, 0.25) is 5.91 Å². The third-order valence-corrected chi connectivity index (χ3v) is 5.28. The fourth-order valence-electron chi connectivity index (χ4n) is 3.88. The van der Waals surface area contributed by atoms with Crippen LogP contribution < -0.4 is 5.32 Å². The number of fused-ring (bicyclic) bond motifs is 3. The molecular formula is C22H24N2O4. The van der Waals surface area contributed by atoms with Crippen molar-refractivity contribution in [1.29, 1.82) is 0 Å². The highest BCUT2D eigenvalue weighted by Crippen LogP contribution is 2.30. The van der Waals surface area contributed by atoms with Crippen LogP contribution in [0.15, 0.2) is 47.1 Å². The van der Waals surface area contributed by atoms with Crippen LogP contribution in [0.1, 0.15) is 25.3 Å². The average molecular weight is 380 g/mol. The number of ether oxygens (including phenoxy) is 1. The van der Waals surface area contributed by atoms with Crippen molar-refractivity contribution in [3.63, 3.8) is 0 Å². The Hall–Kier alpha value is -3.02. The van der Waals surface area contributed by atoms with Gasteiger partial charge in [-0.15, -0.1) is 0 Å². The highest BCUT2D eigenvalue weighted by Gasteiger charge is 2.25. The van der Waals surface area contributed by atoms with E-state index in [-0.39, 0.29) is 24.5 Å². The summed E-state index contributed by atoms with van der Waals surface area (Å²) in [5.74, 6) is -0.0229. The van der Waals surface area contributed by atoms with E-state index in [0.29, 0.717) is 19.7 Å². The quantitative estimate of drug-likeness (QED) is 0.746. The first-order chi connectivity index (χ1) is 13.7. The predicted octanol–water partition coefficient (Wildman–Crippen LogP) is 3.87. The minimum absolute atomic E-state index is 0.0229. The van der Waals surface area contributed by atoms with E-state index in [1.807, 2.05) is 24.3 Å². The summed E-state index contributed by atoms with van der Waals surface area (Å²) in [4.78, 5) is 26.1. The Morgan fingerprint density at radius 1 is 1.18 bits per heavy atom. The Balaban J connectivity index is 1.41. The molecule has 146 valence electrons. The number of nitrogens with zero attached hydrogens (tertiary/aromatic N) is 1. The van der Waals surface area contributed by atoms with Gasteiger partial charge in [-0.3, -0.25) is 4.79 Å². The van der Waals surface area contributed by atoms with Gasteiger partial charge in [-0.1, -0.05) is 30.3 Å². The molecule has 2 aromatic carbocycles. The Bertz CT molecular complexity index is 1000. The molecule has 1 N–H and O–H groups in total. The second-order valence-electron chi connectivity index (χ2n) is 7.13. The molecule has 0 unspecified atom stereocenters. The third-order valence-electron chi connectivity index (χ3n) is 5.28. The van der Waals surface area contributed by atoms with Crippen molar-refractivity contribution in [2.45, 2.75) is 32.2 Å². The van der Waals surface area contributed by atoms with Crippen molar-refractivity contribution >= 4 is 33.7 Å². The summed E-state index contributed by atoms with van der Waals surface area (Å²) < 4.78 is 10.7. The van der Waals surface area contributed by atoms with Crippen LogP contribution in [0.2, 0.25) is 0 Å². The highest BCUT2D eigenvalue weighted by molar-refractivity contribution is 6.08. The van der Waals surface area contributed by atoms with Crippen molar-refractivity contribution in [1.82, 2.24) is 10.2 Å². The molecule has 6 nitrogen and oxygen atoms in total. The second-order valence-corrected chi connectivity index (χ2v) is 7.13. The SMILES string of the molecule is CCOC(=O)N1CCC(NC(=O)Cc2coc3ccc4ccccc4c23)CC1. The van der Waals surface area contributed by atoms with E-state index in [1.54, 1.807) is 18.1 Å². The van der Waals surface area contributed by atoms with Crippen LogP contribution >= 0.6 is 0 Å². The standard InChI is InChI=1S/C22H24N2O4/c1-2-27-22(26)24-11-9-17(10-12-24)23-20(25)13-16-14-28-19-8-7-15-5-3-4-6-18(15)21(16)19/h3-8,14,17H,2,9-13H2,1H3,(H,23,25). The number of amides is 2. The lowest BCUT2D eigenvalue weighted by Gasteiger charge is -2.31. The Morgan fingerprint density at radius 2 is 1.96 bits per heavy atom. The second kappa shape index (κ2) is 7.92. The maximum Gasteiger partial charge on any atom is 0.409 e. The molecule has 0 atom stereocenters. The number of likely N-dealkylation sites (tertiary alicyclic amines) is 1. The molecule has 1 saturated heterocycles. The molecule has 2 amide bonds. The number of furan rings is 1. The van der Waals surface area contributed by atoms with Gasteiger partial charge in [0.25, 0.3) is 0 Å². The van der Waals surface area contributed by atoms with Crippen LogP contribution in [0.25, 0.3) is 21.7 Å². The zero-order valence-electron chi connectivity index (χ0n) is 15.9. The lowest BCUT2D eigenvalue weighted by Crippen LogP contribution is -2.47. The van der Waals surface area contributed by atoms with Gasteiger partial charge < -0.3 is 19.4 Å². The molecule has 1 aromatic heterocycles. The van der Waals surface area contributed by atoms with Crippen molar-refractivity contribution in [2.24, 2.45) is 0 Å². The zero-order chi connectivity index (χ0) is 19.5. The number of piperidine rings is 1. The van der Waals surface area contributed by atoms with Gasteiger partial charge in [-0.05, 0) is 36.6 Å². The van der Waals surface area contributed by atoms with Gasteiger partial charge in [-0.25, -0.2) is 4.79 Å². The van der Waals surface area contributed by atoms with E-state index in [1.165, 1.54) is 0 Å². The molecule has 3 aromatic rings. The number of carbonyl (C=O) groups is 2. The number of hydrogen-bond donors (Lipinski definition) is 1. The summed E-state index contributed by atoms with van der Waals surface area (Å²) in [5, 5.41) is 6.33. The average Bonchev–Trinajstić information content (AvgIpc) is 3.12. The molecule has 1 aliphatic rings. The van der Waals surface area contributed by atoms with Crippen molar-refractivity contribution in [3.8, 4) is 0 Å². The molecule has 0 spiro atoms. The van der Waals surface area contributed by atoms with E-state index in [9.17, 15) is 9.59 Å². The van der Waals surface area contributed by atoms with Crippen molar-refractivity contribution in [2.75, 3.05) is 19.7 Å². The minimum Gasteiger partial charge on any atom is -0.464 e. The first kappa shape index (κ1) is 18.3. The molecule has 4 rings (SSSR count). The molecule has 1 fully saturated rings. The summed E-state index contributed by atoms with van der Waals surface area (Å²) in [6.07, 6.45) is 3.15. The van der Waals surface area contributed by atoms with Gasteiger partial charge in [0, 0.05) is 30.1 Å². The van der Waals surface area contributed by atoms with E-state index < -0.39 is 0 Å². The van der Waals surface area contributed by atoms with E-state index >= 15 is 0 Å². The number of nitrogens with one attached hydrogen (secondary N) is 1. The van der Waals surface area contributed by atoms with Crippen LogP contribution in [0.4, 0.5) is 4.79 Å². The Labute approximate surface area is 163 Å². The Kier molecular flexibility index (Phi) is 5.19. The van der Waals surface area contributed by atoms with Gasteiger partial charge in [0.1, 0.15) is 5.58 Å². The number of rotatable bonds is 4. The van der Waals surface area contributed by atoms with Gasteiger partial charge >= 0.3 is 6.09 Å². The van der Waals surface area contributed by atoms with Crippen molar-refractivity contribution < 1.29 is 18.7 Å². The van der Waals surface area contributed by atoms with Crippen molar-refractivity contribution in [3.05, 3.63) is 48.2 Å². The van der Waals surface area contributed by atoms with Gasteiger partial charge in [-0.2, -0.15) is 0 Å². The molecule has 1 aliphatic heterocycles. The Morgan fingerprint density at radius 3 is 2.75 bits per heavy atom. The maximum absolute atomic E-state index is 12.6. The monoisotopic (exact) mass is 380 g/mol. The van der Waals surface area contributed by atoms with E-state index in [0.717, 1.165) is 40.1 Å². The molecule has 0 saturated carbocycles. The van der Waals surface area contributed by atoms with Crippen LogP contribution in [0, 0.1) is 0 Å². The summed E-state index contributed by atoms with van der Waals surface area (Å²) >= 11 is 0. The fraction of sp³-hybridized carbons (Fsp3) is 0.364. The molecular weight excluding hydrogens is 356 g/mol. The minimum atomic E-state index is -0.274. The lowest BCUT2D eigenvalue weighted by molar-refractivity contribution is -0.121. The number of benzene rings is 2. The molecule has 0 aliphatic carbocycles. The van der Waals surface area contributed by atoms with Crippen LogP contribution in [0.5, 0.6) is 0 Å². The topological polar surface area (TPSA) is 71.8 Å². The summed E-state index contributed by atoms with van der Waals surface area (Å²) in [5.41, 5.74) is 1.69. The third kappa shape index (κ3) is 3.67. The molecule has 2 heterocycles. The maximum atomic E-state index is 12.6. The summed E-state index contributed by atoms with van der Waals surface area (Å²) in [6.45, 7) is 3.38. The van der Waals surface area contributed by atoms with Crippen LogP contribution in [0.3, 0.4) is 0 Å². The number of hydrogen-bond acceptors (Lipinski definition) is 4. The fourth-order valence-corrected chi connectivity index (χ4v) is 3.88. The zero-order valence-corrected chi connectivity index (χ0v) is 15.9. The molecule has 6 heteroatoms. The normalized spacial score (nSPS) is 15.1. The summed E-state index contributed by atoms with van der Waals surface area (Å²) in [7, 11) is 0. The summed E-state index contributed by atoms with van der Waals surface area (Å²) in [6, 6.07) is 12.2. The smallest absolute Gasteiger partial charge is 0.409 e. The molecule has 0 radical (unpaired) electrons. The predicted molar refractivity (Wildman–Crippen MR) is 107 cm³/mol. The number of carbonyl (C=O) groups excluding carboxylic acids is 2. The largest absolute Gasteiger partial charge is 0.464 e. The van der Waals surface area contributed by atoms with Crippen LogP contribution in [-0.2, 0) is 16.0 Å².